The van der Waals surface area contributed by atoms with Crippen molar-refractivity contribution in [1.82, 2.24) is 9.97 Å². The number of methoxy groups -OCH3 is 1. The molecule has 0 saturated carbocycles. The Morgan fingerprint density at radius 1 is 1.27 bits per heavy atom. The Kier molecular flexibility index (Phi) is 6.13. The average molecular weight is 316 g/mol. The summed E-state index contributed by atoms with van der Waals surface area (Å²) in [4.78, 5) is 7.93. The largest absolute Gasteiger partial charge is 0.497 e. The quantitative estimate of drug-likeness (QED) is 0.552. The third-order valence-electron chi connectivity index (χ3n) is 3.41. The second-order valence-corrected chi connectivity index (χ2v) is 6.62. The Balaban J connectivity index is 1.90. The lowest BCUT2D eigenvalue weighted by atomic mass is 10.1. The maximum absolute atomic E-state index is 5.22. The Hall–Kier alpha value is -1.68. The van der Waals surface area contributed by atoms with Gasteiger partial charge in [-0.1, -0.05) is 35.1 Å². The molecule has 1 aromatic heterocycles. The van der Waals surface area contributed by atoms with Crippen LogP contribution in [0.15, 0.2) is 46.7 Å². The van der Waals surface area contributed by atoms with Crippen LogP contribution < -0.4 is 4.74 Å². The fourth-order valence-electron chi connectivity index (χ4n) is 2.11. The maximum Gasteiger partial charge on any atom is 0.166 e. The number of fused-ring (bicyclic) bond motifs is 1. The van der Waals surface area contributed by atoms with Crippen molar-refractivity contribution in [2.45, 2.75) is 38.8 Å². The predicted molar refractivity (Wildman–Crippen MR) is 95.8 cm³/mol. The summed E-state index contributed by atoms with van der Waals surface area (Å²) in [5.41, 5.74) is 4.82. The van der Waals surface area contributed by atoms with Crippen molar-refractivity contribution in [3.05, 3.63) is 41.5 Å². The SMILES string of the molecule is COc1ccc2[nH]c(SCC=C(C)CCC=C(C)C)nc2c1. The molecule has 1 aromatic carbocycles. The van der Waals surface area contributed by atoms with Gasteiger partial charge in [0.2, 0.25) is 0 Å². The smallest absolute Gasteiger partial charge is 0.166 e. The molecule has 0 aliphatic rings. The van der Waals surface area contributed by atoms with Crippen LogP contribution in [0.1, 0.15) is 33.6 Å². The van der Waals surface area contributed by atoms with Crippen molar-refractivity contribution >= 4 is 22.8 Å². The predicted octanol–water partition coefficient (Wildman–Crippen LogP) is 5.36. The molecule has 0 spiro atoms. The van der Waals surface area contributed by atoms with E-state index in [-0.39, 0.29) is 0 Å². The molecule has 0 unspecified atom stereocenters. The van der Waals surface area contributed by atoms with E-state index in [1.165, 1.54) is 11.1 Å². The first kappa shape index (κ1) is 16.7. The number of aromatic nitrogens is 2. The number of hydrogen-bond acceptors (Lipinski definition) is 3. The van der Waals surface area contributed by atoms with Gasteiger partial charge in [0, 0.05) is 11.8 Å². The first-order valence-corrected chi connectivity index (χ1v) is 8.52. The second kappa shape index (κ2) is 8.08. The van der Waals surface area contributed by atoms with Gasteiger partial charge >= 0.3 is 0 Å². The van der Waals surface area contributed by atoms with Gasteiger partial charge in [-0.25, -0.2) is 4.98 Å². The minimum atomic E-state index is 0.838. The molecule has 0 saturated heterocycles. The fraction of sp³-hybridized carbons (Fsp3) is 0.389. The summed E-state index contributed by atoms with van der Waals surface area (Å²) >= 11 is 1.73. The van der Waals surface area contributed by atoms with Crippen LogP contribution in [-0.4, -0.2) is 22.8 Å². The number of H-pyrrole nitrogens is 1. The summed E-state index contributed by atoms with van der Waals surface area (Å²) in [5.74, 6) is 1.78. The molecule has 0 aliphatic carbocycles. The van der Waals surface area contributed by atoms with Crippen LogP contribution in [0.25, 0.3) is 11.0 Å². The summed E-state index contributed by atoms with van der Waals surface area (Å²) in [6.45, 7) is 6.49. The van der Waals surface area contributed by atoms with Gasteiger partial charge in [0.05, 0.1) is 18.1 Å². The number of ether oxygens (including phenoxy) is 1. The van der Waals surface area contributed by atoms with Crippen LogP contribution in [-0.2, 0) is 0 Å². The molecule has 0 amide bonds. The molecular formula is C18H24N2OS. The van der Waals surface area contributed by atoms with E-state index < -0.39 is 0 Å². The molecule has 2 aromatic rings. The topological polar surface area (TPSA) is 37.9 Å². The molecule has 0 radical (unpaired) electrons. The molecule has 1 N–H and O–H groups in total. The van der Waals surface area contributed by atoms with E-state index >= 15 is 0 Å². The standard InChI is InChI=1S/C18H24N2OS/c1-13(2)6-5-7-14(3)10-11-22-18-19-16-9-8-15(21-4)12-17(16)20-18/h6,8-10,12H,5,7,11H2,1-4H3,(H,19,20). The third-order valence-corrected chi connectivity index (χ3v) is 4.21. The van der Waals surface area contributed by atoms with Crippen molar-refractivity contribution in [3.63, 3.8) is 0 Å². The maximum atomic E-state index is 5.22. The lowest BCUT2D eigenvalue weighted by Crippen LogP contribution is -1.81. The van der Waals surface area contributed by atoms with Crippen molar-refractivity contribution in [2.24, 2.45) is 0 Å². The van der Waals surface area contributed by atoms with Crippen LogP contribution in [0.4, 0.5) is 0 Å². The number of allylic oxidation sites excluding steroid dienone is 3. The van der Waals surface area contributed by atoms with Gasteiger partial charge in [0.15, 0.2) is 5.16 Å². The summed E-state index contributed by atoms with van der Waals surface area (Å²) in [7, 11) is 1.67. The minimum Gasteiger partial charge on any atom is -0.497 e. The number of nitrogens with zero attached hydrogens (tertiary/aromatic N) is 1. The van der Waals surface area contributed by atoms with Gasteiger partial charge in [0.25, 0.3) is 0 Å². The highest BCUT2D eigenvalue weighted by Crippen LogP contribution is 2.23. The van der Waals surface area contributed by atoms with E-state index in [2.05, 4.69) is 42.9 Å². The molecule has 2 rings (SSSR count). The molecule has 22 heavy (non-hydrogen) atoms. The Labute approximate surface area is 136 Å². The molecule has 0 fully saturated rings. The number of imidazole rings is 1. The zero-order valence-electron chi connectivity index (χ0n) is 13.8. The number of aromatic amines is 1. The van der Waals surface area contributed by atoms with Gasteiger partial charge in [-0.3, -0.25) is 0 Å². The zero-order chi connectivity index (χ0) is 15.9. The summed E-state index contributed by atoms with van der Waals surface area (Å²) in [6.07, 6.45) is 6.83. The fourth-order valence-corrected chi connectivity index (χ4v) is 2.98. The zero-order valence-corrected chi connectivity index (χ0v) is 14.6. The number of benzene rings is 1. The molecule has 0 atom stereocenters. The van der Waals surface area contributed by atoms with Crippen molar-refractivity contribution in [3.8, 4) is 5.75 Å². The van der Waals surface area contributed by atoms with Gasteiger partial charge in [0.1, 0.15) is 5.75 Å². The van der Waals surface area contributed by atoms with Crippen LogP contribution in [0.5, 0.6) is 5.75 Å². The molecule has 118 valence electrons. The molecule has 3 nitrogen and oxygen atoms in total. The van der Waals surface area contributed by atoms with Gasteiger partial charge in [-0.05, 0) is 45.7 Å². The van der Waals surface area contributed by atoms with Crippen LogP contribution in [0, 0.1) is 0 Å². The van der Waals surface area contributed by atoms with Crippen molar-refractivity contribution < 1.29 is 4.74 Å². The summed E-state index contributed by atoms with van der Waals surface area (Å²) in [6, 6.07) is 5.91. The highest BCUT2D eigenvalue weighted by Gasteiger charge is 2.04. The van der Waals surface area contributed by atoms with Crippen molar-refractivity contribution in [1.29, 1.82) is 0 Å². The van der Waals surface area contributed by atoms with Gasteiger partial charge in [-0.2, -0.15) is 0 Å². The van der Waals surface area contributed by atoms with E-state index in [9.17, 15) is 0 Å². The van der Waals surface area contributed by atoms with Crippen LogP contribution >= 0.6 is 11.8 Å². The highest BCUT2D eigenvalue weighted by molar-refractivity contribution is 7.99. The number of thioether (sulfide) groups is 1. The normalized spacial score (nSPS) is 11.7. The van der Waals surface area contributed by atoms with E-state index in [4.69, 9.17) is 4.74 Å². The van der Waals surface area contributed by atoms with E-state index in [0.717, 1.165) is 40.5 Å². The van der Waals surface area contributed by atoms with Crippen molar-refractivity contribution in [2.75, 3.05) is 12.9 Å². The van der Waals surface area contributed by atoms with E-state index in [0.29, 0.717) is 0 Å². The first-order chi connectivity index (χ1) is 10.6. The molecule has 0 aliphatic heterocycles. The van der Waals surface area contributed by atoms with Crippen LogP contribution in [0.2, 0.25) is 0 Å². The van der Waals surface area contributed by atoms with Gasteiger partial charge < -0.3 is 9.72 Å². The summed E-state index contributed by atoms with van der Waals surface area (Å²) < 4.78 is 5.22. The molecule has 0 bridgehead atoms. The lowest BCUT2D eigenvalue weighted by Gasteiger charge is -1.98. The highest BCUT2D eigenvalue weighted by atomic mass is 32.2. The Morgan fingerprint density at radius 3 is 2.82 bits per heavy atom. The molecular weight excluding hydrogens is 292 g/mol. The molecule has 4 heteroatoms. The number of nitrogens with one attached hydrogen (secondary N) is 1. The first-order valence-electron chi connectivity index (χ1n) is 7.54. The molecule has 1 heterocycles. The van der Waals surface area contributed by atoms with E-state index in [1.807, 2.05) is 18.2 Å². The Morgan fingerprint density at radius 2 is 2.09 bits per heavy atom. The average Bonchev–Trinajstić information content (AvgIpc) is 2.88. The number of rotatable bonds is 7. The number of hydrogen-bond donors (Lipinski definition) is 1. The summed E-state index contributed by atoms with van der Waals surface area (Å²) in [5, 5.41) is 0.955. The monoisotopic (exact) mass is 316 g/mol. The lowest BCUT2D eigenvalue weighted by molar-refractivity contribution is 0.415. The second-order valence-electron chi connectivity index (χ2n) is 5.61. The third kappa shape index (κ3) is 4.95. The minimum absolute atomic E-state index is 0.838. The van der Waals surface area contributed by atoms with Gasteiger partial charge in [-0.15, -0.1) is 0 Å². The Bertz CT molecular complexity index is 681. The van der Waals surface area contributed by atoms with E-state index in [1.54, 1.807) is 18.9 Å². The van der Waals surface area contributed by atoms with Crippen LogP contribution in [0.3, 0.4) is 0 Å².